The molecule has 1 aromatic rings. The van der Waals surface area contributed by atoms with Crippen LogP contribution < -0.4 is 9.47 Å². The Labute approximate surface area is 101 Å². The Bertz CT molecular complexity index is 468. The van der Waals surface area contributed by atoms with Crippen molar-refractivity contribution in [2.24, 2.45) is 0 Å². The maximum atomic E-state index is 11.8. The summed E-state index contributed by atoms with van der Waals surface area (Å²) in [4.78, 5) is 11.8. The Morgan fingerprint density at radius 3 is 2.65 bits per heavy atom. The highest BCUT2D eigenvalue weighted by Crippen LogP contribution is 2.43. The number of rotatable bonds is 1. The van der Waals surface area contributed by atoms with Gasteiger partial charge in [0.05, 0.1) is 5.56 Å². The van der Waals surface area contributed by atoms with Crippen LogP contribution in [0.3, 0.4) is 0 Å². The van der Waals surface area contributed by atoms with Crippen molar-refractivity contribution in [3.05, 3.63) is 22.8 Å². The van der Waals surface area contributed by atoms with E-state index >= 15 is 0 Å². The predicted molar refractivity (Wildman–Crippen MR) is 64.0 cm³/mol. The third-order valence-corrected chi connectivity index (χ3v) is 3.42. The minimum atomic E-state index is 0.0740. The van der Waals surface area contributed by atoms with Crippen molar-refractivity contribution < 1.29 is 14.3 Å². The van der Waals surface area contributed by atoms with Crippen molar-refractivity contribution >= 4 is 5.78 Å². The molecule has 1 aromatic carbocycles. The fourth-order valence-electron chi connectivity index (χ4n) is 2.80. The lowest BCUT2D eigenvalue weighted by Crippen LogP contribution is -2.09. The van der Waals surface area contributed by atoms with Crippen molar-refractivity contribution in [2.45, 2.75) is 45.8 Å². The molecular weight excluding hydrogens is 216 g/mol. The monoisotopic (exact) mass is 232 g/mol. The van der Waals surface area contributed by atoms with Gasteiger partial charge < -0.3 is 9.47 Å². The van der Waals surface area contributed by atoms with Gasteiger partial charge in [-0.2, -0.15) is 0 Å². The van der Waals surface area contributed by atoms with Crippen LogP contribution in [-0.4, -0.2) is 18.0 Å². The van der Waals surface area contributed by atoms with Crippen LogP contribution >= 0.6 is 0 Å². The van der Waals surface area contributed by atoms with Crippen LogP contribution in [0.25, 0.3) is 0 Å². The third-order valence-electron chi connectivity index (χ3n) is 3.42. The Balaban J connectivity index is 2.21. The second-order valence-corrected chi connectivity index (χ2v) is 5.04. The quantitative estimate of drug-likeness (QED) is 0.698. The summed E-state index contributed by atoms with van der Waals surface area (Å²) in [6.07, 6.45) is 1.97. The number of benzene rings is 1. The SMILES string of the molecule is CC(=O)c1c2c(cc3c1OC(C)C3)OC(C)C2. The number of carbonyl (C=O) groups is 1. The van der Waals surface area contributed by atoms with E-state index in [9.17, 15) is 4.79 Å². The molecule has 3 rings (SSSR count). The molecule has 0 saturated heterocycles. The van der Waals surface area contributed by atoms with Crippen LogP contribution in [0.1, 0.15) is 42.3 Å². The number of hydrogen-bond acceptors (Lipinski definition) is 3. The summed E-state index contributed by atoms with van der Waals surface area (Å²) >= 11 is 0. The van der Waals surface area contributed by atoms with E-state index < -0.39 is 0 Å². The molecule has 2 aliphatic heterocycles. The largest absolute Gasteiger partial charge is 0.490 e. The molecule has 0 radical (unpaired) electrons. The summed E-state index contributed by atoms with van der Waals surface area (Å²) in [6, 6.07) is 2.05. The number of ether oxygens (including phenoxy) is 2. The Kier molecular flexibility index (Phi) is 2.18. The zero-order valence-corrected chi connectivity index (χ0v) is 10.4. The average Bonchev–Trinajstić information content (AvgIpc) is 2.73. The molecule has 2 aliphatic rings. The number of fused-ring (bicyclic) bond motifs is 2. The molecule has 0 N–H and O–H groups in total. The summed E-state index contributed by atoms with van der Waals surface area (Å²) in [6.45, 7) is 5.66. The molecule has 2 unspecified atom stereocenters. The molecule has 17 heavy (non-hydrogen) atoms. The average molecular weight is 232 g/mol. The van der Waals surface area contributed by atoms with Gasteiger partial charge in [0, 0.05) is 24.0 Å². The van der Waals surface area contributed by atoms with E-state index in [-0.39, 0.29) is 18.0 Å². The van der Waals surface area contributed by atoms with Crippen LogP contribution in [0.2, 0.25) is 0 Å². The van der Waals surface area contributed by atoms with Crippen LogP contribution in [-0.2, 0) is 12.8 Å². The van der Waals surface area contributed by atoms with Crippen LogP contribution in [0.15, 0.2) is 6.07 Å². The Morgan fingerprint density at radius 1 is 1.24 bits per heavy atom. The fraction of sp³-hybridized carbons (Fsp3) is 0.500. The first-order valence-corrected chi connectivity index (χ1v) is 6.09. The van der Waals surface area contributed by atoms with Gasteiger partial charge in [-0.3, -0.25) is 4.79 Å². The molecule has 0 saturated carbocycles. The van der Waals surface area contributed by atoms with Crippen LogP contribution in [0.4, 0.5) is 0 Å². The molecule has 3 nitrogen and oxygen atoms in total. The molecule has 0 spiro atoms. The summed E-state index contributed by atoms with van der Waals surface area (Å²) in [7, 11) is 0. The van der Waals surface area contributed by atoms with Gasteiger partial charge in [0.15, 0.2) is 5.78 Å². The molecular formula is C14H16O3. The van der Waals surface area contributed by atoms with E-state index in [1.54, 1.807) is 6.92 Å². The number of hydrogen-bond donors (Lipinski definition) is 0. The van der Waals surface area contributed by atoms with Gasteiger partial charge in [-0.1, -0.05) is 0 Å². The minimum Gasteiger partial charge on any atom is -0.490 e. The lowest BCUT2D eigenvalue weighted by atomic mass is 9.96. The van der Waals surface area contributed by atoms with E-state index in [0.29, 0.717) is 0 Å². The molecule has 2 heterocycles. The Hall–Kier alpha value is -1.51. The van der Waals surface area contributed by atoms with Gasteiger partial charge in [0.2, 0.25) is 0 Å². The van der Waals surface area contributed by atoms with Crippen molar-refractivity contribution in [2.75, 3.05) is 0 Å². The van der Waals surface area contributed by atoms with Gasteiger partial charge in [0.25, 0.3) is 0 Å². The number of ketones is 1. The molecule has 0 aliphatic carbocycles. The molecule has 3 heteroatoms. The van der Waals surface area contributed by atoms with Crippen LogP contribution in [0, 0.1) is 0 Å². The highest BCUT2D eigenvalue weighted by atomic mass is 16.5. The zero-order valence-electron chi connectivity index (χ0n) is 10.4. The van der Waals surface area contributed by atoms with Gasteiger partial charge in [-0.05, 0) is 26.8 Å². The lowest BCUT2D eigenvalue weighted by Gasteiger charge is -2.10. The second-order valence-electron chi connectivity index (χ2n) is 5.04. The van der Waals surface area contributed by atoms with Crippen LogP contribution in [0.5, 0.6) is 11.5 Å². The standard InChI is InChI=1S/C14H16O3/c1-7-4-10-6-12-11(5-8(2)16-12)13(9(3)15)14(10)17-7/h6-8H,4-5H2,1-3H3. The highest BCUT2D eigenvalue weighted by molar-refractivity contribution is 6.00. The third kappa shape index (κ3) is 1.53. The molecule has 0 bridgehead atoms. The van der Waals surface area contributed by atoms with Gasteiger partial charge in [0.1, 0.15) is 23.7 Å². The molecule has 0 aromatic heterocycles. The first-order valence-electron chi connectivity index (χ1n) is 6.09. The number of Topliss-reactive ketones (excluding diaryl/α,β-unsaturated/α-hetero) is 1. The maximum Gasteiger partial charge on any atom is 0.163 e. The molecule has 2 atom stereocenters. The second kappa shape index (κ2) is 3.49. The van der Waals surface area contributed by atoms with Gasteiger partial charge in [-0.25, -0.2) is 0 Å². The summed E-state index contributed by atoms with van der Waals surface area (Å²) in [5, 5.41) is 0. The number of carbonyl (C=O) groups excluding carboxylic acids is 1. The van der Waals surface area contributed by atoms with Gasteiger partial charge >= 0.3 is 0 Å². The van der Waals surface area contributed by atoms with Crippen molar-refractivity contribution in [3.63, 3.8) is 0 Å². The Morgan fingerprint density at radius 2 is 1.94 bits per heavy atom. The van der Waals surface area contributed by atoms with E-state index in [1.807, 2.05) is 19.9 Å². The van der Waals surface area contributed by atoms with E-state index in [1.165, 1.54) is 0 Å². The predicted octanol–water partition coefficient (Wildman–Crippen LogP) is 2.54. The first kappa shape index (κ1) is 10.6. The topological polar surface area (TPSA) is 35.5 Å². The lowest BCUT2D eigenvalue weighted by molar-refractivity contribution is 0.101. The van der Waals surface area contributed by atoms with E-state index in [2.05, 4.69) is 0 Å². The van der Waals surface area contributed by atoms with Crippen molar-refractivity contribution in [3.8, 4) is 11.5 Å². The fourth-order valence-corrected chi connectivity index (χ4v) is 2.80. The molecule has 90 valence electrons. The van der Waals surface area contributed by atoms with E-state index in [4.69, 9.17) is 9.47 Å². The zero-order chi connectivity index (χ0) is 12.2. The van der Waals surface area contributed by atoms with Gasteiger partial charge in [-0.15, -0.1) is 0 Å². The van der Waals surface area contributed by atoms with Crippen molar-refractivity contribution in [1.82, 2.24) is 0 Å². The van der Waals surface area contributed by atoms with Crippen molar-refractivity contribution in [1.29, 1.82) is 0 Å². The summed E-state index contributed by atoms with van der Waals surface area (Å²) in [5.41, 5.74) is 2.87. The highest BCUT2D eigenvalue weighted by Gasteiger charge is 2.32. The summed E-state index contributed by atoms with van der Waals surface area (Å²) < 4.78 is 11.5. The molecule has 0 fully saturated rings. The van der Waals surface area contributed by atoms with E-state index in [0.717, 1.165) is 41.0 Å². The normalized spacial score (nSPS) is 24.9. The maximum absolute atomic E-state index is 11.8. The smallest absolute Gasteiger partial charge is 0.163 e. The minimum absolute atomic E-state index is 0.0740. The summed E-state index contributed by atoms with van der Waals surface area (Å²) in [5.74, 6) is 1.74. The molecule has 0 amide bonds. The first-order chi connectivity index (χ1) is 8.06.